The summed E-state index contributed by atoms with van der Waals surface area (Å²) >= 11 is 0. The molecule has 86 heavy (non-hydrogen) atoms. The molecule has 8 fully saturated rings. The number of hydrogen-bond acceptors (Lipinski definition) is 26. The zero-order valence-corrected chi connectivity index (χ0v) is 50.2. The van der Waals surface area contributed by atoms with Crippen molar-refractivity contribution < 1.29 is 133 Å². The lowest BCUT2D eigenvalue weighted by Gasteiger charge is -2.72. The number of aldehydes is 1. The van der Waals surface area contributed by atoms with E-state index in [1.807, 2.05) is 27.7 Å². The fourth-order valence-corrected chi connectivity index (χ4v) is 17.2. The molecule has 0 bridgehead atoms. The highest BCUT2D eigenvalue weighted by molar-refractivity contribution is 5.73. The molecule has 30 atom stereocenters. The van der Waals surface area contributed by atoms with Gasteiger partial charge in [0.25, 0.3) is 0 Å². The van der Waals surface area contributed by atoms with Gasteiger partial charge in [-0.2, -0.15) is 0 Å². The molecule has 4 aliphatic heterocycles. The highest BCUT2D eigenvalue weighted by atomic mass is 16.8. The van der Waals surface area contributed by atoms with Crippen molar-refractivity contribution in [1.82, 2.24) is 0 Å². The molecule has 4 heterocycles. The van der Waals surface area contributed by atoms with Crippen LogP contribution in [0.4, 0.5) is 0 Å². The summed E-state index contributed by atoms with van der Waals surface area (Å²) in [6, 6.07) is 0. The van der Waals surface area contributed by atoms with E-state index < -0.39 is 224 Å². The fraction of sp³-hybridized carbons (Fsp3) is 0.898. The fourth-order valence-electron chi connectivity index (χ4n) is 17.2. The van der Waals surface area contributed by atoms with Crippen molar-refractivity contribution in [2.24, 2.45) is 56.2 Å². The average molecular weight is 1230 g/mol. The number of esters is 2. The third-order valence-corrected chi connectivity index (χ3v) is 22.0. The van der Waals surface area contributed by atoms with E-state index in [2.05, 4.69) is 26.8 Å². The van der Waals surface area contributed by atoms with Crippen LogP contribution in [0.3, 0.4) is 0 Å². The van der Waals surface area contributed by atoms with E-state index in [4.69, 9.17) is 47.4 Å². The molecule has 0 amide bonds. The van der Waals surface area contributed by atoms with E-state index in [0.717, 1.165) is 11.9 Å². The Balaban J connectivity index is 1.03. The number of aliphatic hydroxyl groups is 12. The van der Waals surface area contributed by atoms with E-state index in [9.17, 15) is 85.6 Å². The summed E-state index contributed by atoms with van der Waals surface area (Å²) in [4.78, 5) is 53.7. The SMILES string of the molecule is CC(=O)O[C@H]1[C@H](OC(=O)CC(C)C)C(C)(C)C[C@H]2C3=CC[C@@H]4[C@@]5(C)CC[C@H](O[C@@H]6O[C@H](C(=O)O)[C@@H](O)[C@H](O[C@@H]7OC[C@H](O)[C@H](O[C@@H]8OC[C@H](O)[C@H](O)[C@H]8O)[C@H]7O)[C@H]6O[C@@H]6O[C@H](CO)[C@H](O)[C@H](O)[C@H]6O)[C@@](C)(C=O)[C@@H]5CC[C@@]4(C)[C@]3(C)C[C@@H](O)[C@]21CO. The third-order valence-electron chi connectivity index (χ3n) is 22.0. The number of carboxylic acid groups (broad SMARTS) is 1. The number of ether oxygens (including phenoxy) is 10. The highest BCUT2D eigenvalue weighted by Crippen LogP contribution is 2.76. The molecule has 4 saturated heterocycles. The van der Waals surface area contributed by atoms with Crippen LogP contribution < -0.4 is 0 Å². The monoisotopic (exact) mass is 1230 g/mol. The summed E-state index contributed by atoms with van der Waals surface area (Å²) in [6.07, 6.45) is -33.3. The smallest absolute Gasteiger partial charge is 0.335 e. The molecule has 27 heteroatoms. The Hall–Kier alpha value is -2.98. The van der Waals surface area contributed by atoms with Gasteiger partial charge in [-0.3, -0.25) is 9.59 Å². The predicted molar refractivity (Wildman–Crippen MR) is 289 cm³/mol. The zero-order chi connectivity index (χ0) is 63.3. The van der Waals surface area contributed by atoms with Crippen LogP contribution in [-0.2, 0) is 66.5 Å². The number of hydrogen-bond donors (Lipinski definition) is 13. The van der Waals surface area contributed by atoms with Crippen LogP contribution in [-0.4, -0.2) is 252 Å². The van der Waals surface area contributed by atoms with E-state index in [1.165, 1.54) is 6.92 Å². The van der Waals surface area contributed by atoms with Crippen LogP contribution in [0, 0.1) is 56.2 Å². The van der Waals surface area contributed by atoms with Gasteiger partial charge in [-0.1, -0.05) is 67.0 Å². The summed E-state index contributed by atoms with van der Waals surface area (Å²) in [6.45, 7) is 14.4. The van der Waals surface area contributed by atoms with Crippen LogP contribution in [0.25, 0.3) is 0 Å². The molecular weight excluding hydrogens is 1140 g/mol. The van der Waals surface area contributed by atoms with Crippen molar-refractivity contribution in [1.29, 1.82) is 0 Å². The molecule has 490 valence electrons. The van der Waals surface area contributed by atoms with Crippen LogP contribution >= 0.6 is 0 Å². The minimum atomic E-state index is -2.26. The Morgan fingerprint density at radius 2 is 1.30 bits per heavy atom. The Morgan fingerprint density at radius 3 is 1.92 bits per heavy atom. The molecule has 0 spiro atoms. The first-order chi connectivity index (χ1) is 40.2. The number of allylic oxidation sites excluding steroid dienone is 2. The minimum absolute atomic E-state index is 0.0292. The highest BCUT2D eigenvalue weighted by Gasteiger charge is 2.74. The van der Waals surface area contributed by atoms with Gasteiger partial charge >= 0.3 is 17.9 Å². The molecule has 0 aromatic rings. The number of rotatable bonds is 16. The molecule has 0 unspecified atom stereocenters. The normalized spacial score (nSPS) is 51.0. The van der Waals surface area contributed by atoms with Crippen molar-refractivity contribution in [3.63, 3.8) is 0 Å². The van der Waals surface area contributed by atoms with Crippen LogP contribution in [0.2, 0.25) is 0 Å². The summed E-state index contributed by atoms with van der Waals surface area (Å²) in [5, 5.41) is 144. The quantitative estimate of drug-likeness (QED) is 0.0346. The van der Waals surface area contributed by atoms with Gasteiger partial charge in [0, 0.05) is 18.8 Å². The standard InChI is InChI=1S/C59H92O27/c1-24(2)16-35(67)82-47-48(79-25(3)63)59(23-62)27(17-54(47,4)5)26-10-11-32-55(6)14-13-34(56(7,22-61)31(55)12-15-57(32,8)58(26,9)18-33(59)66)81-53-46(86-52-40(72)38(70)37(69)30(19-60)80-52)44(41(73)45(85-53)49(75)76)84-51-42(74)43(29(65)21-78-51)83-50-39(71)36(68)28(64)20-77-50/h10,22,24,27-34,36-48,50-53,60,62,64-66,68-74H,11-21,23H2,1-9H3,(H,75,76)/t27-,28-,29-,30+,31+,32+,33+,34-,36-,37-,38-,39+,40+,41-,42+,43-,44-,45-,46+,47-,48-,50-,51-,52-,53+,55-,56-,57+,58+,59-/m0/s1. The zero-order valence-electron chi connectivity index (χ0n) is 50.2. The number of aliphatic carboxylic acids is 1. The molecule has 5 aliphatic carbocycles. The first-order valence-electron chi connectivity index (χ1n) is 30.2. The van der Waals surface area contributed by atoms with Gasteiger partial charge in [0.05, 0.1) is 49.5 Å². The second-order valence-corrected chi connectivity index (χ2v) is 28.0. The topological polar surface area (TPSA) is 424 Å². The molecule has 0 radical (unpaired) electrons. The minimum Gasteiger partial charge on any atom is -0.479 e. The number of aliphatic hydroxyl groups excluding tert-OH is 12. The second kappa shape index (κ2) is 24.9. The van der Waals surface area contributed by atoms with Gasteiger partial charge in [-0.15, -0.1) is 0 Å². The second-order valence-electron chi connectivity index (χ2n) is 28.0. The molecule has 0 aromatic heterocycles. The predicted octanol–water partition coefficient (Wildman–Crippen LogP) is -1.93. The molecule has 13 N–H and O–H groups in total. The third kappa shape index (κ3) is 11.2. The molecule has 9 aliphatic rings. The first kappa shape index (κ1) is 67.4. The van der Waals surface area contributed by atoms with Gasteiger partial charge in [0.1, 0.15) is 97.8 Å². The van der Waals surface area contributed by atoms with Crippen LogP contribution in [0.5, 0.6) is 0 Å². The number of carboxylic acids is 1. The molecule has 27 nitrogen and oxygen atoms in total. The van der Waals surface area contributed by atoms with E-state index in [0.29, 0.717) is 32.1 Å². The Morgan fingerprint density at radius 1 is 0.674 bits per heavy atom. The van der Waals surface area contributed by atoms with E-state index in [1.54, 1.807) is 6.92 Å². The maximum atomic E-state index is 14.2. The number of carbonyl (C=O) groups is 4. The van der Waals surface area contributed by atoms with Gasteiger partial charge < -0.3 is 119 Å². The van der Waals surface area contributed by atoms with E-state index >= 15 is 0 Å². The summed E-state index contributed by atoms with van der Waals surface area (Å²) in [5.41, 5.74) is -4.63. The lowest BCUT2D eigenvalue weighted by Crippen LogP contribution is -2.72. The first-order valence-corrected chi connectivity index (χ1v) is 30.2. The van der Waals surface area contributed by atoms with Gasteiger partial charge in [0.15, 0.2) is 31.3 Å². The van der Waals surface area contributed by atoms with Crippen molar-refractivity contribution >= 4 is 24.2 Å². The van der Waals surface area contributed by atoms with Crippen LogP contribution in [0.1, 0.15) is 114 Å². The number of fused-ring (bicyclic) bond motifs is 7. The Labute approximate surface area is 498 Å². The largest absolute Gasteiger partial charge is 0.479 e. The molecule has 4 saturated carbocycles. The van der Waals surface area contributed by atoms with Gasteiger partial charge in [-0.25, -0.2) is 4.79 Å². The summed E-state index contributed by atoms with van der Waals surface area (Å²) in [5.74, 6) is -4.07. The molecule has 0 aromatic carbocycles. The van der Waals surface area contributed by atoms with Crippen molar-refractivity contribution in [2.45, 2.75) is 249 Å². The van der Waals surface area contributed by atoms with E-state index in [-0.39, 0.29) is 31.1 Å². The molecule has 9 rings (SSSR count). The summed E-state index contributed by atoms with van der Waals surface area (Å²) in [7, 11) is 0. The van der Waals surface area contributed by atoms with Gasteiger partial charge in [0.2, 0.25) is 0 Å². The lowest BCUT2D eigenvalue weighted by molar-refractivity contribution is -0.395. The van der Waals surface area contributed by atoms with Crippen LogP contribution in [0.15, 0.2) is 11.6 Å². The lowest BCUT2D eigenvalue weighted by atomic mass is 9.33. The maximum Gasteiger partial charge on any atom is 0.335 e. The average Bonchev–Trinajstić information content (AvgIpc) is 0.682. The van der Waals surface area contributed by atoms with Gasteiger partial charge in [-0.05, 0) is 84.9 Å². The Kier molecular flexibility index (Phi) is 19.5. The van der Waals surface area contributed by atoms with Crippen molar-refractivity contribution in [3.05, 3.63) is 11.6 Å². The van der Waals surface area contributed by atoms with Crippen molar-refractivity contribution in [2.75, 3.05) is 26.4 Å². The van der Waals surface area contributed by atoms with Crippen molar-refractivity contribution in [3.8, 4) is 0 Å². The maximum absolute atomic E-state index is 14.2. The Bertz CT molecular complexity index is 2480. The number of carbonyl (C=O) groups excluding carboxylic acids is 3. The molecular formula is C59H92O27. The summed E-state index contributed by atoms with van der Waals surface area (Å²) < 4.78 is 60.1.